The SMILES string of the molecule is O=C(O)CN(c1cc(Cl)cc(Cl)c1)S(=O)(=O)c1cc(Cl)ccc1Cl. The van der Waals surface area contributed by atoms with Crippen molar-refractivity contribution in [2.45, 2.75) is 4.90 Å². The number of sulfonamides is 1. The van der Waals surface area contributed by atoms with Gasteiger partial charge in [-0.3, -0.25) is 9.10 Å². The number of carboxylic acid groups (broad SMARTS) is 1. The summed E-state index contributed by atoms with van der Waals surface area (Å²) in [6, 6.07) is 7.82. The first-order valence-electron chi connectivity index (χ1n) is 6.27. The molecule has 1 N–H and O–H groups in total. The summed E-state index contributed by atoms with van der Waals surface area (Å²) >= 11 is 23.5. The zero-order valence-electron chi connectivity index (χ0n) is 11.7. The monoisotopic (exact) mass is 427 g/mol. The number of rotatable bonds is 5. The highest BCUT2D eigenvalue weighted by Gasteiger charge is 2.29. The molecule has 0 amide bonds. The first-order valence-corrected chi connectivity index (χ1v) is 9.22. The van der Waals surface area contributed by atoms with Crippen LogP contribution >= 0.6 is 46.4 Å². The Morgan fingerprint density at radius 3 is 2.08 bits per heavy atom. The van der Waals surface area contributed by atoms with Gasteiger partial charge in [0.05, 0.1) is 10.7 Å². The largest absolute Gasteiger partial charge is 0.480 e. The van der Waals surface area contributed by atoms with Crippen molar-refractivity contribution >= 4 is 68.1 Å². The van der Waals surface area contributed by atoms with E-state index in [1.165, 1.54) is 30.3 Å². The number of nitrogens with zero attached hydrogens (tertiary/aromatic N) is 1. The first kappa shape index (κ1) is 19.1. The lowest BCUT2D eigenvalue weighted by Crippen LogP contribution is -2.36. The van der Waals surface area contributed by atoms with Crippen LogP contribution in [0.25, 0.3) is 0 Å². The van der Waals surface area contributed by atoms with E-state index < -0.39 is 22.5 Å². The van der Waals surface area contributed by atoms with Gasteiger partial charge in [-0.1, -0.05) is 46.4 Å². The summed E-state index contributed by atoms with van der Waals surface area (Å²) in [5.41, 5.74) is -0.00839. The summed E-state index contributed by atoms with van der Waals surface area (Å²) in [6.45, 7) is -0.845. The number of carbonyl (C=O) groups is 1. The van der Waals surface area contributed by atoms with E-state index >= 15 is 0 Å². The molecule has 128 valence electrons. The number of hydrogen-bond donors (Lipinski definition) is 1. The average molecular weight is 429 g/mol. The van der Waals surface area contributed by atoms with Crippen molar-refractivity contribution in [2.75, 3.05) is 10.8 Å². The maximum Gasteiger partial charge on any atom is 0.324 e. The van der Waals surface area contributed by atoms with Crippen LogP contribution in [0.15, 0.2) is 41.3 Å². The van der Waals surface area contributed by atoms with Crippen LogP contribution in [-0.2, 0) is 14.8 Å². The Morgan fingerprint density at radius 1 is 0.958 bits per heavy atom. The fraction of sp³-hybridized carbons (Fsp3) is 0.0714. The molecule has 0 aliphatic rings. The Kier molecular flexibility index (Phi) is 5.88. The minimum atomic E-state index is -4.32. The summed E-state index contributed by atoms with van der Waals surface area (Å²) in [7, 11) is -4.32. The highest BCUT2D eigenvalue weighted by Crippen LogP contribution is 2.33. The molecular weight excluding hydrogens is 420 g/mol. The van der Waals surface area contributed by atoms with E-state index in [9.17, 15) is 13.2 Å². The number of aliphatic carboxylic acids is 1. The first-order chi connectivity index (χ1) is 11.1. The molecule has 2 aromatic rings. The summed E-state index contributed by atoms with van der Waals surface area (Å²) in [5, 5.41) is 9.43. The van der Waals surface area contributed by atoms with Crippen molar-refractivity contribution in [1.29, 1.82) is 0 Å². The molecule has 0 aliphatic carbocycles. The fourth-order valence-electron chi connectivity index (χ4n) is 1.91. The van der Waals surface area contributed by atoms with Crippen LogP contribution in [0.2, 0.25) is 20.1 Å². The number of benzene rings is 2. The van der Waals surface area contributed by atoms with Gasteiger partial charge < -0.3 is 5.11 Å². The lowest BCUT2D eigenvalue weighted by molar-refractivity contribution is -0.135. The Bertz CT molecular complexity index is 881. The van der Waals surface area contributed by atoms with E-state index in [0.29, 0.717) is 4.31 Å². The second-order valence-electron chi connectivity index (χ2n) is 4.61. The predicted octanol–water partition coefficient (Wildman–Crippen LogP) is 4.58. The highest BCUT2D eigenvalue weighted by molar-refractivity contribution is 7.93. The molecule has 0 fully saturated rings. The van der Waals surface area contributed by atoms with Gasteiger partial charge in [-0.25, -0.2) is 8.42 Å². The van der Waals surface area contributed by atoms with Crippen LogP contribution in [0.1, 0.15) is 0 Å². The maximum absolute atomic E-state index is 12.9. The lowest BCUT2D eigenvalue weighted by atomic mass is 10.3. The lowest BCUT2D eigenvalue weighted by Gasteiger charge is -2.23. The van der Waals surface area contributed by atoms with Crippen molar-refractivity contribution in [3.63, 3.8) is 0 Å². The van der Waals surface area contributed by atoms with Crippen LogP contribution in [0.4, 0.5) is 5.69 Å². The van der Waals surface area contributed by atoms with E-state index in [4.69, 9.17) is 51.5 Å². The molecule has 0 radical (unpaired) electrons. The minimum absolute atomic E-state index is 0.00839. The van der Waals surface area contributed by atoms with Gasteiger partial charge in [0.25, 0.3) is 10.0 Å². The normalized spacial score (nSPS) is 11.3. The van der Waals surface area contributed by atoms with E-state index in [-0.39, 0.29) is 30.7 Å². The average Bonchev–Trinajstić information content (AvgIpc) is 2.45. The standard InChI is InChI=1S/C14H9Cl4NO4S/c15-8-1-2-12(18)13(6-8)24(22,23)19(7-14(20)21)11-4-9(16)3-10(17)5-11/h1-6H,7H2,(H,20,21). The second kappa shape index (κ2) is 7.37. The smallest absolute Gasteiger partial charge is 0.324 e. The summed E-state index contributed by atoms with van der Waals surface area (Å²) in [5.74, 6) is -1.37. The second-order valence-corrected chi connectivity index (χ2v) is 8.16. The molecule has 0 unspecified atom stereocenters. The molecule has 24 heavy (non-hydrogen) atoms. The zero-order chi connectivity index (χ0) is 18.1. The minimum Gasteiger partial charge on any atom is -0.480 e. The third-order valence-corrected chi connectivity index (χ3v) is 5.80. The molecule has 0 saturated carbocycles. The van der Waals surface area contributed by atoms with Crippen molar-refractivity contribution in [1.82, 2.24) is 0 Å². The summed E-state index contributed by atoms with van der Waals surface area (Å²) in [4.78, 5) is 10.8. The third kappa shape index (κ3) is 4.26. The van der Waals surface area contributed by atoms with Crippen LogP contribution < -0.4 is 4.31 Å². The van der Waals surface area contributed by atoms with Gasteiger partial charge >= 0.3 is 5.97 Å². The quantitative estimate of drug-likeness (QED) is 0.756. The topological polar surface area (TPSA) is 74.7 Å². The molecule has 0 bridgehead atoms. The number of anilines is 1. The molecule has 0 aliphatic heterocycles. The van der Waals surface area contributed by atoms with Crippen LogP contribution in [0.3, 0.4) is 0 Å². The molecule has 5 nitrogen and oxygen atoms in total. The van der Waals surface area contributed by atoms with Gasteiger partial charge in [0, 0.05) is 15.1 Å². The highest BCUT2D eigenvalue weighted by atomic mass is 35.5. The third-order valence-electron chi connectivity index (χ3n) is 2.88. The van der Waals surface area contributed by atoms with Gasteiger partial charge in [-0.05, 0) is 36.4 Å². The van der Waals surface area contributed by atoms with Crippen LogP contribution in [0, 0.1) is 0 Å². The van der Waals surface area contributed by atoms with Gasteiger partial charge in [-0.15, -0.1) is 0 Å². The Morgan fingerprint density at radius 2 is 1.54 bits per heavy atom. The molecule has 0 saturated heterocycles. The summed E-state index contributed by atoms with van der Waals surface area (Å²) in [6.07, 6.45) is 0. The Balaban J connectivity index is 2.66. The molecule has 0 atom stereocenters. The molecule has 2 aromatic carbocycles. The molecule has 2 rings (SSSR count). The van der Waals surface area contributed by atoms with Crippen molar-refractivity contribution in [2.24, 2.45) is 0 Å². The maximum atomic E-state index is 12.9. The van der Waals surface area contributed by atoms with Gasteiger partial charge in [0.2, 0.25) is 0 Å². The Hall–Kier alpha value is -1.18. The molecule has 0 heterocycles. The van der Waals surface area contributed by atoms with Gasteiger partial charge in [0.1, 0.15) is 11.4 Å². The number of carboxylic acids is 1. The molecule has 0 aromatic heterocycles. The number of halogens is 4. The molecular formula is C14H9Cl4NO4S. The van der Waals surface area contributed by atoms with Gasteiger partial charge in [-0.2, -0.15) is 0 Å². The van der Waals surface area contributed by atoms with Crippen LogP contribution in [0.5, 0.6) is 0 Å². The molecule has 10 heteroatoms. The van der Waals surface area contributed by atoms with E-state index in [2.05, 4.69) is 0 Å². The van der Waals surface area contributed by atoms with E-state index in [0.717, 1.165) is 6.07 Å². The van der Waals surface area contributed by atoms with Crippen molar-refractivity contribution < 1.29 is 18.3 Å². The summed E-state index contributed by atoms with van der Waals surface area (Å²) < 4.78 is 26.4. The Labute approximate surface area is 158 Å². The fourth-order valence-corrected chi connectivity index (χ4v) is 4.57. The van der Waals surface area contributed by atoms with Crippen molar-refractivity contribution in [3.8, 4) is 0 Å². The van der Waals surface area contributed by atoms with Crippen molar-refractivity contribution in [3.05, 3.63) is 56.5 Å². The zero-order valence-corrected chi connectivity index (χ0v) is 15.6. The van der Waals surface area contributed by atoms with E-state index in [1.54, 1.807) is 0 Å². The van der Waals surface area contributed by atoms with E-state index in [1.807, 2.05) is 0 Å². The predicted molar refractivity (Wildman–Crippen MR) is 95.1 cm³/mol. The molecule has 0 spiro atoms. The van der Waals surface area contributed by atoms with Gasteiger partial charge in [0.15, 0.2) is 0 Å². The van der Waals surface area contributed by atoms with Crippen LogP contribution in [-0.4, -0.2) is 26.0 Å². The number of hydrogen-bond acceptors (Lipinski definition) is 3.